The minimum absolute atomic E-state index is 0.0775. The summed E-state index contributed by atoms with van der Waals surface area (Å²) in [5.74, 6) is 2.11. The van der Waals surface area contributed by atoms with Crippen LogP contribution in [0.2, 0.25) is 0 Å². The third-order valence-electron chi connectivity index (χ3n) is 2.38. The molecule has 11 heteroatoms. The van der Waals surface area contributed by atoms with Gasteiger partial charge in [-0.05, 0) is 6.07 Å². The van der Waals surface area contributed by atoms with Crippen LogP contribution in [0.25, 0.3) is 0 Å². The van der Waals surface area contributed by atoms with E-state index < -0.39 is 25.8 Å². The summed E-state index contributed by atoms with van der Waals surface area (Å²) in [6.45, 7) is -0.184. The molecule has 22 heavy (non-hydrogen) atoms. The number of hydrogen-bond donors (Lipinski definition) is 2. The van der Waals surface area contributed by atoms with Gasteiger partial charge in [-0.15, -0.1) is 11.5 Å². The van der Waals surface area contributed by atoms with Crippen molar-refractivity contribution in [1.82, 2.24) is 15.2 Å². The molecule has 0 amide bonds. The highest BCUT2D eigenvalue weighted by molar-refractivity contribution is 7.92. The Morgan fingerprint density at radius 3 is 2.86 bits per heavy atom. The van der Waals surface area contributed by atoms with E-state index >= 15 is 0 Å². The Bertz CT molecular complexity index is 825. The van der Waals surface area contributed by atoms with Gasteiger partial charge in [0.2, 0.25) is 0 Å². The lowest BCUT2D eigenvalue weighted by Crippen LogP contribution is -2.16. The number of nitrogens with zero attached hydrogens (tertiary/aromatic N) is 3. The molecule has 0 saturated heterocycles. The predicted molar refractivity (Wildman–Crippen MR) is 74.6 cm³/mol. The van der Waals surface area contributed by atoms with Crippen LogP contribution in [0.4, 0.5) is 11.4 Å². The average molecular weight is 323 g/mol. The number of H-pyrrole nitrogens is 1. The molecule has 0 saturated carbocycles. The van der Waals surface area contributed by atoms with Crippen molar-refractivity contribution in [2.45, 2.75) is 5.16 Å². The smallest absolute Gasteiger partial charge is 0.299 e. The molecule has 0 spiro atoms. The van der Waals surface area contributed by atoms with E-state index in [-0.39, 0.29) is 18.0 Å². The molecule has 114 valence electrons. The molecule has 0 atom stereocenters. The number of hydrogen-bond acceptors (Lipinski definition) is 7. The van der Waals surface area contributed by atoms with Crippen molar-refractivity contribution in [1.29, 1.82) is 0 Å². The van der Waals surface area contributed by atoms with Gasteiger partial charge in [0.05, 0.1) is 4.92 Å². The maximum Gasteiger partial charge on any atom is 0.299 e. The molecule has 1 heterocycles. The van der Waals surface area contributed by atoms with Crippen molar-refractivity contribution in [2.24, 2.45) is 0 Å². The lowest BCUT2D eigenvalue weighted by atomic mass is 10.2. The Hall–Kier alpha value is -3.13. The monoisotopic (exact) mass is 323 g/mol. The Balaban J connectivity index is 2.48. The fourth-order valence-electron chi connectivity index (χ4n) is 1.52. The van der Waals surface area contributed by atoms with Gasteiger partial charge < -0.3 is 4.74 Å². The van der Waals surface area contributed by atoms with Crippen LogP contribution >= 0.6 is 0 Å². The number of aromatic nitrogens is 3. The summed E-state index contributed by atoms with van der Waals surface area (Å²) in [5, 5.41) is 16.2. The highest BCUT2D eigenvalue weighted by atomic mass is 32.2. The van der Waals surface area contributed by atoms with Crippen molar-refractivity contribution in [3.05, 3.63) is 34.6 Å². The molecule has 0 radical (unpaired) electrons. The van der Waals surface area contributed by atoms with Gasteiger partial charge in [0.1, 0.15) is 12.9 Å². The van der Waals surface area contributed by atoms with Crippen molar-refractivity contribution >= 4 is 21.4 Å². The Kier molecular flexibility index (Phi) is 4.23. The van der Waals surface area contributed by atoms with E-state index in [0.717, 1.165) is 12.4 Å². The summed E-state index contributed by atoms with van der Waals surface area (Å²) in [5.41, 5.74) is -0.846. The molecule has 2 N–H and O–H groups in total. The zero-order chi connectivity index (χ0) is 16.2. The van der Waals surface area contributed by atoms with Gasteiger partial charge >= 0.3 is 0 Å². The van der Waals surface area contributed by atoms with Gasteiger partial charge in [0.25, 0.3) is 20.9 Å². The fraction of sp³-hybridized carbons (Fsp3) is 0.0909. The number of ether oxygens (including phenoxy) is 1. The molecule has 1 aromatic heterocycles. The molecule has 0 bridgehead atoms. The maximum absolute atomic E-state index is 12.1. The van der Waals surface area contributed by atoms with Gasteiger partial charge in [0, 0.05) is 6.07 Å². The predicted octanol–water partition coefficient (Wildman–Crippen LogP) is 0.526. The number of sulfonamides is 1. The molecule has 1 aromatic carbocycles. The second-order valence-corrected chi connectivity index (χ2v) is 5.36. The van der Waals surface area contributed by atoms with Crippen molar-refractivity contribution in [2.75, 3.05) is 11.3 Å². The van der Waals surface area contributed by atoms with E-state index in [4.69, 9.17) is 11.2 Å². The first-order chi connectivity index (χ1) is 10.5. The molecule has 0 aliphatic carbocycles. The molecular weight excluding hydrogens is 314 g/mol. The summed E-state index contributed by atoms with van der Waals surface area (Å²) < 4.78 is 31.3. The quantitative estimate of drug-likeness (QED) is 0.448. The first kappa shape index (κ1) is 15.3. The summed E-state index contributed by atoms with van der Waals surface area (Å²) >= 11 is 0. The second kappa shape index (κ2) is 6.10. The number of rotatable bonds is 6. The van der Waals surface area contributed by atoms with Crippen molar-refractivity contribution in [3.63, 3.8) is 0 Å². The second-order valence-electron chi connectivity index (χ2n) is 3.79. The molecule has 2 rings (SSSR count). The van der Waals surface area contributed by atoms with E-state index in [0.29, 0.717) is 0 Å². The van der Waals surface area contributed by atoms with Crippen molar-refractivity contribution < 1.29 is 18.1 Å². The Morgan fingerprint density at radius 2 is 2.27 bits per heavy atom. The highest BCUT2D eigenvalue weighted by Gasteiger charge is 2.26. The number of anilines is 1. The summed E-state index contributed by atoms with van der Waals surface area (Å²) in [6, 6.07) is 3.81. The first-order valence-electron chi connectivity index (χ1n) is 5.68. The lowest BCUT2D eigenvalue weighted by Gasteiger charge is -2.11. The number of benzene rings is 1. The largest absolute Gasteiger partial charge is 0.478 e. The van der Waals surface area contributed by atoms with Gasteiger partial charge in [-0.3, -0.25) is 19.9 Å². The lowest BCUT2D eigenvalue weighted by molar-refractivity contribution is -0.383. The molecule has 0 unspecified atom stereocenters. The van der Waals surface area contributed by atoms with Crippen LogP contribution in [-0.4, -0.2) is 35.1 Å². The minimum Gasteiger partial charge on any atom is -0.478 e. The van der Waals surface area contributed by atoms with Crippen LogP contribution in [0.1, 0.15) is 0 Å². The number of nitrogens with one attached hydrogen (secondary N) is 2. The molecule has 0 aliphatic heterocycles. The average Bonchev–Trinajstić information content (AvgIpc) is 3.00. The standard InChI is InChI=1S/C11H9N5O5S/c1-2-6-21-9-5-3-4-8(16(17)18)10(9)15-22(19,20)11-12-7-13-14-11/h1,3-5,7,15H,6H2,(H,12,13,14). The maximum atomic E-state index is 12.1. The van der Waals surface area contributed by atoms with Crippen LogP contribution in [0, 0.1) is 22.5 Å². The van der Waals surface area contributed by atoms with Gasteiger partial charge in [-0.1, -0.05) is 12.0 Å². The molecule has 0 aliphatic rings. The number of para-hydroxylation sites is 1. The molecular formula is C11H9N5O5S. The Morgan fingerprint density at radius 1 is 1.50 bits per heavy atom. The zero-order valence-electron chi connectivity index (χ0n) is 10.9. The normalized spacial score (nSPS) is 10.7. The zero-order valence-corrected chi connectivity index (χ0v) is 11.7. The van der Waals surface area contributed by atoms with E-state index in [1.807, 2.05) is 4.72 Å². The SMILES string of the molecule is C#CCOc1cccc([N+](=O)[O-])c1NS(=O)(=O)c1nc[nH]n1. The number of nitro benzene ring substituents is 1. The van der Waals surface area contributed by atoms with E-state index in [9.17, 15) is 18.5 Å². The third-order valence-corrected chi connectivity index (χ3v) is 3.53. The van der Waals surface area contributed by atoms with Gasteiger partial charge in [0.15, 0.2) is 11.4 Å². The fourth-order valence-corrected chi connectivity index (χ4v) is 2.45. The third kappa shape index (κ3) is 3.13. The number of aromatic amines is 1. The number of terminal acetylenes is 1. The van der Waals surface area contributed by atoms with Gasteiger partial charge in [-0.2, -0.15) is 8.42 Å². The topological polar surface area (TPSA) is 140 Å². The van der Waals surface area contributed by atoms with E-state index in [1.165, 1.54) is 12.1 Å². The molecule has 10 nitrogen and oxygen atoms in total. The Labute approximate surface area is 124 Å². The van der Waals surface area contributed by atoms with Crippen LogP contribution < -0.4 is 9.46 Å². The minimum atomic E-state index is -4.21. The first-order valence-corrected chi connectivity index (χ1v) is 7.16. The number of nitro groups is 1. The molecule has 2 aromatic rings. The van der Waals surface area contributed by atoms with E-state index in [2.05, 4.69) is 21.1 Å². The van der Waals surface area contributed by atoms with Crippen LogP contribution in [0.15, 0.2) is 29.7 Å². The van der Waals surface area contributed by atoms with Crippen molar-refractivity contribution in [3.8, 4) is 18.1 Å². The summed E-state index contributed by atoms with van der Waals surface area (Å²) in [6.07, 6.45) is 6.12. The van der Waals surface area contributed by atoms with Gasteiger partial charge in [-0.25, -0.2) is 4.98 Å². The van der Waals surface area contributed by atoms with Crippen LogP contribution in [0.5, 0.6) is 5.75 Å². The van der Waals surface area contributed by atoms with Crippen LogP contribution in [0.3, 0.4) is 0 Å². The summed E-state index contributed by atoms with van der Waals surface area (Å²) in [7, 11) is -4.21. The van der Waals surface area contributed by atoms with Crippen LogP contribution in [-0.2, 0) is 10.0 Å². The van der Waals surface area contributed by atoms with E-state index in [1.54, 1.807) is 0 Å². The summed E-state index contributed by atoms with van der Waals surface area (Å²) in [4.78, 5) is 13.8. The molecule has 0 fully saturated rings. The highest BCUT2D eigenvalue weighted by Crippen LogP contribution is 2.35.